The van der Waals surface area contributed by atoms with Gasteiger partial charge in [-0.25, -0.2) is 14.6 Å². The first-order valence-corrected chi connectivity index (χ1v) is 14.5. The van der Waals surface area contributed by atoms with Gasteiger partial charge in [0.25, 0.3) is 0 Å². The molecule has 3 rings (SSSR count). The van der Waals surface area contributed by atoms with E-state index < -0.39 is 17.3 Å². The number of benzene rings is 1. The average Bonchev–Trinajstić information content (AvgIpc) is 3.27. The van der Waals surface area contributed by atoms with Crippen molar-refractivity contribution in [2.24, 2.45) is 0 Å². The Morgan fingerprint density at radius 2 is 1.67 bits per heavy atom. The standard InChI is InChI=1S/C26H37N3O5S2/c1-15(2)33-25(30)28-19-9-7-18(8-10-19)24-27-14-22(35-24)21-12-11-20(29-26(31)34-16(3)4)13-23(21)36(32)17(5)6/h11-19H,7-10H2,1-6H3,(H,28,30)(H,29,31). The summed E-state index contributed by atoms with van der Waals surface area (Å²) in [5.74, 6) is 0.328. The minimum Gasteiger partial charge on any atom is -0.611 e. The molecule has 2 N–H and O–H groups in total. The Balaban J connectivity index is 1.72. The molecule has 1 fully saturated rings. The van der Waals surface area contributed by atoms with Gasteiger partial charge in [0, 0.05) is 35.5 Å². The lowest BCUT2D eigenvalue weighted by molar-refractivity contribution is 0.109. The van der Waals surface area contributed by atoms with Crippen LogP contribution >= 0.6 is 11.3 Å². The SMILES string of the molecule is CC(C)OC(=O)Nc1ccc(-c2cnc(C3CCC(NC(=O)OC(C)C)CC3)s2)c([S+]([O-])C(C)C)c1. The van der Waals surface area contributed by atoms with E-state index in [1.165, 1.54) is 0 Å². The van der Waals surface area contributed by atoms with Gasteiger partial charge in [-0.05, 0) is 90.5 Å². The smallest absolute Gasteiger partial charge is 0.411 e. The van der Waals surface area contributed by atoms with Crippen molar-refractivity contribution in [2.45, 2.75) is 102 Å². The first kappa shape index (κ1) is 28.3. The number of alkyl carbamates (subject to hydrolysis) is 1. The minimum absolute atomic E-state index is 0.0841. The highest BCUT2D eigenvalue weighted by Crippen LogP contribution is 2.40. The molecule has 36 heavy (non-hydrogen) atoms. The summed E-state index contributed by atoms with van der Waals surface area (Å²) < 4.78 is 23.5. The number of rotatable bonds is 8. The molecule has 1 atom stereocenters. The quantitative estimate of drug-likeness (QED) is 0.376. The number of nitrogens with zero attached hydrogens (tertiary/aromatic N) is 1. The summed E-state index contributed by atoms with van der Waals surface area (Å²) in [6.07, 6.45) is 4.21. The van der Waals surface area contributed by atoms with Crippen molar-refractivity contribution in [1.82, 2.24) is 10.3 Å². The van der Waals surface area contributed by atoms with Crippen LogP contribution in [0.1, 0.15) is 78.2 Å². The molecule has 1 aromatic heterocycles. The van der Waals surface area contributed by atoms with Gasteiger partial charge in [0.2, 0.25) is 0 Å². The van der Waals surface area contributed by atoms with Crippen LogP contribution in [0.2, 0.25) is 0 Å². The van der Waals surface area contributed by atoms with Gasteiger partial charge in [-0.1, -0.05) is 0 Å². The second-order valence-corrected chi connectivity index (χ2v) is 12.9. The van der Waals surface area contributed by atoms with Crippen molar-refractivity contribution in [1.29, 1.82) is 0 Å². The minimum atomic E-state index is -1.26. The van der Waals surface area contributed by atoms with Gasteiger partial charge < -0.3 is 19.3 Å². The summed E-state index contributed by atoms with van der Waals surface area (Å²) in [5, 5.41) is 6.65. The van der Waals surface area contributed by atoms with Crippen LogP contribution < -0.4 is 10.6 Å². The Bertz CT molecular complexity index is 1030. The lowest BCUT2D eigenvalue weighted by Gasteiger charge is -2.28. The van der Waals surface area contributed by atoms with E-state index in [9.17, 15) is 14.1 Å². The molecule has 2 amide bonds. The Labute approximate surface area is 220 Å². The normalized spacial score (nSPS) is 18.8. The van der Waals surface area contributed by atoms with E-state index in [2.05, 4.69) is 10.6 Å². The van der Waals surface area contributed by atoms with Crippen LogP contribution in [0, 0.1) is 0 Å². The number of amides is 2. The molecule has 0 aliphatic heterocycles. The largest absolute Gasteiger partial charge is 0.611 e. The van der Waals surface area contributed by atoms with Gasteiger partial charge in [0.05, 0.1) is 22.1 Å². The fraction of sp³-hybridized carbons (Fsp3) is 0.577. The van der Waals surface area contributed by atoms with Crippen LogP contribution in [-0.4, -0.2) is 45.2 Å². The summed E-state index contributed by atoms with van der Waals surface area (Å²) in [6, 6.07) is 5.57. The van der Waals surface area contributed by atoms with Gasteiger partial charge in [0.1, 0.15) is 5.25 Å². The van der Waals surface area contributed by atoms with Crippen molar-refractivity contribution >= 4 is 40.4 Å². The molecule has 0 spiro atoms. The number of hydrogen-bond acceptors (Lipinski definition) is 7. The van der Waals surface area contributed by atoms with Gasteiger partial charge in [-0.3, -0.25) is 5.32 Å². The van der Waals surface area contributed by atoms with E-state index in [0.717, 1.165) is 41.1 Å². The maximum atomic E-state index is 13.2. The van der Waals surface area contributed by atoms with E-state index in [4.69, 9.17) is 14.5 Å². The van der Waals surface area contributed by atoms with E-state index in [1.54, 1.807) is 37.3 Å². The van der Waals surface area contributed by atoms with Crippen molar-refractivity contribution in [3.8, 4) is 10.4 Å². The Morgan fingerprint density at radius 1 is 1.03 bits per heavy atom. The highest BCUT2D eigenvalue weighted by atomic mass is 32.2. The Morgan fingerprint density at radius 3 is 2.28 bits per heavy atom. The first-order valence-electron chi connectivity index (χ1n) is 12.5. The number of ether oxygens (including phenoxy) is 2. The second-order valence-electron chi connectivity index (χ2n) is 9.85. The van der Waals surface area contributed by atoms with Crippen LogP contribution in [0.25, 0.3) is 10.4 Å². The third kappa shape index (κ3) is 7.85. The molecule has 0 saturated heterocycles. The van der Waals surface area contributed by atoms with Gasteiger partial charge in [-0.15, -0.1) is 11.3 Å². The molecule has 0 radical (unpaired) electrons. The molecule has 2 aromatic rings. The molecule has 8 nitrogen and oxygen atoms in total. The summed E-state index contributed by atoms with van der Waals surface area (Å²) in [6.45, 7) is 11.1. The Hall–Kier alpha value is -2.30. The van der Waals surface area contributed by atoms with Crippen LogP contribution in [0.3, 0.4) is 0 Å². The number of hydrogen-bond donors (Lipinski definition) is 2. The van der Waals surface area contributed by atoms with E-state index in [1.807, 2.05) is 40.0 Å². The van der Waals surface area contributed by atoms with Crippen LogP contribution in [0.15, 0.2) is 29.3 Å². The van der Waals surface area contributed by atoms with Gasteiger partial charge in [0.15, 0.2) is 4.90 Å². The van der Waals surface area contributed by atoms with Crippen LogP contribution in [-0.2, 0) is 20.6 Å². The lowest BCUT2D eigenvalue weighted by atomic mass is 9.86. The second kappa shape index (κ2) is 12.8. The van der Waals surface area contributed by atoms with Crippen molar-refractivity contribution < 1.29 is 23.6 Å². The molecular weight excluding hydrogens is 498 g/mol. The van der Waals surface area contributed by atoms with E-state index >= 15 is 0 Å². The number of nitrogens with one attached hydrogen (secondary N) is 2. The summed E-state index contributed by atoms with van der Waals surface area (Å²) in [5.41, 5.74) is 1.40. The molecule has 1 saturated carbocycles. The van der Waals surface area contributed by atoms with Crippen LogP contribution in [0.5, 0.6) is 0 Å². The fourth-order valence-electron chi connectivity index (χ4n) is 4.09. The number of anilines is 1. The zero-order valence-corrected chi connectivity index (χ0v) is 23.5. The third-order valence-electron chi connectivity index (χ3n) is 5.75. The Kier molecular flexibility index (Phi) is 10.0. The van der Waals surface area contributed by atoms with E-state index in [0.29, 0.717) is 16.5 Å². The molecule has 10 heteroatoms. The molecular formula is C26H37N3O5S2. The zero-order valence-electron chi connectivity index (χ0n) is 21.8. The first-order chi connectivity index (χ1) is 17.0. The van der Waals surface area contributed by atoms with Crippen molar-refractivity contribution in [2.75, 3.05) is 5.32 Å². The molecule has 1 aliphatic carbocycles. The zero-order chi connectivity index (χ0) is 26.4. The van der Waals surface area contributed by atoms with Crippen molar-refractivity contribution in [3.05, 3.63) is 29.4 Å². The number of carbonyl (C=O) groups is 2. The molecule has 1 unspecified atom stereocenters. The van der Waals surface area contributed by atoms with Gasteiger partial charge >= 0.3 is 12.2 Å². The lowest BCUT2D eigenvalue weighted by Crippen LogP contribution is -2.38. The molecule has 0 bridgehead atoms. The van der Waals surface area contributed by atoms with Crippen LogP contribution in [0.4, 0.5) is 15.3 Å². The molecule has 1 aliphatic rings. The van der Waals surface area contributed by atoms with Crippen molar-refractivity contribution in [3.63, 3.8) is 0 Å². The summed E-state index contributed by atoms with van der Waals surface area (Å²) in [4.78, 5) is 30.3. The van der Waals surface area contributed by atoms with Gasteiger partial charge in [-0.2, -0.15) is 0 Å². The number of thiazole rings is 1. The third-order valence-corrected chi connectivity index (χ3v) is 8.57. The maximum Gasteiger partial charge on any atom is 0.411 e. The molecule has 1 aromatic carbocycles. The molecule has 1 heterocycles. The predicted molar refractivity (Wildman–Crippen MR) is 144 cm³/mol. The predicted octanol–water partition coefficient (Wildman–Crippen LogP) is 6.44. The average molecular weight is 536 g/mol. The number of carbonyl (C=O) groups excluding carboxylic acids is 2. The molecule has 198 valence electrons. The maximum absolute atomic E-state index is 13.2. The highest BCUT2D eigenvalue weighted by molar-refractivity contribution is 7.92. The van der Waals surface area contributed by atoms with E-state index in [-0.39, 0.29) is 29.6 Å². The monoisotopic (exact) mass is 535 g/mol. The number of aromatic nitrogens is 1. The topological polar surface area (TPSA) is 113 Å². The fourth-order valence-corrected chi connectivity index (χ4v) is 6.42. The summed E-state index contributed by atoms with van der Waals surface area (Å²) >= 11 is 0.359. The highest BCUT2D eigenvalue weighted by Gasteiger charge is 2.28. The summed E-state index contributed by atoms with van der Waals surface area (Å²) in [7, 11) is 0.